The van der Waals surface area contributed by atoms with E-state index in [1.54, 1.807) is 0 Å². The second kappa shape index (κ2) is 8.55. The molecule has 0 aliphatic heterocycles. The molecule has 0 saturated heterocycles. The second-order valence-electron chi connectivity index (χ2n) is 4.81. The number of hydrogen-bond acceptors (Lipinski definition) is 3. The van der Waals surface area contributed by atoms with Crippen LogP contribution in [0.2, 0.25) is 5.02 Å². The highest BCUT2D eigenvalue weighted by atomic mass is 35.5. The van der Waals surface area contributed by atoms with E-state index < -0.39 is 0 Å². The molecule has 4 heteroatoms. The largest absolute Gasteiger partial charge is 0.492 e. The van der Waals surface area contributed by atoms with Crippen molar-refractivity contribution in [2.75, 3.05) is 12.0 Å². The van der Waals surface area contributed by atoms with Gasteiger partial charge >= 0.3 is 0 Å². The lowest BCUT2D eigenvalue weighted by Gasteiger charge is -2.11. The van der Waals surface area contributed by atoms with E-state index in [4.69, 9.17) is 16.3 Å². The van der Waals surface area contributed by atoms with Crippen LogP contribution in [0.3, 0.4) is 0 Å². The number of hydrazine groups is 1. The zero-order valence-corrected chi connectivity index (χ0v) is 13.0. The lowest BCUT2D eigenvalue weighted by Crippen LogP contribution is -2.20. The Hall–Kier alpha value is -1.71. The molecular formula is C17H21ClN2O. The number of para-hydroxylation sites is 1. The van der Waals surface area contributed by atoms with Crippen LogP contribution in [0.15, 0.2) is 48.5 Å². The van der Waals surface area contributed by atoms with Gasteiger partial charge in [0.1, 0.15) is 5.75 Å². The van der Waals surface area contributed by atoms with Crippen molar-refractivity contribution in [3.63, 3.8) is 0 Å². The van der Waals surface area contributed by atoms with Crippen molar-refractivity contribution in [2.24, 2.45) is 0 Å². The second-order valence-corrected chi connectivity index (χ2v) is 5.22. The molecule has 0 aliphatic carbocycles. The first-order chi connectivity index (χ1) is 10.3. The van der Waals surface area contributed by atoms with E-state index in [0.717, 1.165) is 29.8 Å². The van der Waals surface area contributed by atoms with E-state index in [1.165, 1.54) is 0 Å². The van der Waals surface area contributed by atoms with Gasteiger partial charge in [0.25, 0.3) is 0 Å². The maximum Gasteiger partial charge on any atom is 0.137 e. The van der Waals surface area contributed by atoms with Gasteiger partial charge in [-0.15, -0.1) is 0 Å². The molecule has 2 N–H and O–H groups in total. The van der Waals surface area contributed by atoms with Crippen LogP contribution in [0.5, 0.6) is 5.75 Å². The van der Waals surface area contributed by atoms with Crippen LogP contribution in [0.25, 0.3) is 0 Å². The summed E-state index contributed by atoms with van der Waals surface area (Å²) in [5.41, 5.74) is 8.45. The molecule has 0 amide bonds. The summed E-state index contributed by atoms with van der Waals surface area (Å²) in [7, 11) is 0. The first-order valence-corrected chi connectivity index (χ1v) is 7.62. The summed E-state index contributed by atoms with van der Waals surface area (Å²) >= 11 is 6.23. The molecule has 0 atom stereocenters. The van der Waals surface area contributed by atoms with Crippen molar-refractivity contribution >= 4 is 17.3 Å². The fourth-order valence-electron chi connectivity index (χ4n) is 1.87. The smallest absolute Gasteiger partial charge is 0.137 e. The summed E-state index contributed by atoms with van der Waals surface area (Å²) < 4.78 is 5.64. The third-order valence-corrected chi connectivity index (χ3v) is 3.35. The highest BCUT2D eigenvalue weighted by Crippen LogP contribution is 2.25. The van der Waals surface area contributed by atoms with E-state index in [9.17, 15) is 0 Å². The Morgan fingerprint density at radius 1 is 1.10 bits per heavy atom. The first-order valence-electron chi connectivity index (χ1n) is 7.24. The summed E-state index contributed by atoms with van der Waals surface area (Å²) in [6.45, 7) is 3.53. The highest BCUT2D eigenvalue weighted by molar-refractivity contribution is 6.32. The van der Waals surface area contributed by atoms with Gasteiger partial charge in [0.2, 0.25) is 0 Å². The lowest BCUT2D eigenvalue weighted by atomic mass is 10.2. The van der Waals surface area contributed by atoms with Gasteiger partial charge in [0, 0.05) is 12.2 Å². The van der Waals surface area contributed by atoms with Crippen LogP contribution < -0.4 is 15.6 Å². The van der Waals surface area contributed by atoms with Crippen molar-refractivity contribution in [3.05, 3.63) is 59.1 Å². The van der Waals surface area contributed by atoms with E-state index in [-0.39, 0.29) is 0 Å². The number of hydrogen-bond donors (Lipinski definition) is 2. The molecule has 0 unspecified atom stereocenters. The van der Waals surface area contributed by atoms with Crippen LogP contribution in [-0.2, 0) is 6.54 Å². The van der Waals surface area contributed by atoms with Crippen molar-refractivity contribution in [3.8, 4) is 5.75 Å². The van der Waals surface area contributed by atoms with Crippen molar-refractivity contribution in [2.45, 2.75) is 26.3 Å². The molecule has 0 bridgehead atoms. The number of rotatable bonds is 8. The van der Waals surface area contributed by atoms with Crippen LogP contribution in [0, 0.1) is 0 Å². The van der Waals surface area contributed by atoms with Gasteiger partial charge in [-0.05, 0) is 36.2 Å². The van der Waals surface area contributed by atoms with E-state index in [1.807, 2.05) is 48.5 Å². The predicted molar refractivity (Wildman–Crippen MR) is 88.8 cm³/mol. The predicted octanol–water partition coefficient (Wildman–Crippen LogP) is 4.64. The molecule has 2 aromatic carbocycles. The SMILES string of the molecule is CCCCOc1ccc(CNNc2ccccc2)cc1Cl. The van der Waals surface area contributed by atoms with Gasteiger partial charge in [-0.3, -0.25) is 0 Å². The van der Waals surface area contributed by atoms with Gasteiger partial charge in [0.05, 0.1) is 11.6 Å². The van der Waals surface area contributed by atoms with Gasteiger partial charge < -0.3 is 10.2 Å². The lowest BCUT2D eigenvalue weighted by molar-refractivity contribution is 0.309. The molecule has 0 radical (unpaired) electrons. The minimum Gasteiger partial charge on any atom is -0.492 e. The van der Waals surface area contributed by atoms with Crippen molar-refractivity contribution in [1.82, 2.24) is 5.43 Å². The van der Waals surface area contributed by atoms with Crippen molar-refractivity contribution < 1.29 is 4.74 Å². The van der Waals surface area contributed by atoms with Gasteiger partial charge in [-0.1, -0.05) is 49.2 Å². The standard InChI is InChI=1S/C17H21ClN2O/c1-2-3-11-21-17-10-9-14(12-16(17)18)13-19-20-15-7-5-4-6-8-15/h4-10,12,19-20H,2-3,11,13H2,1H3. The molecule has 0 spiro atoms. The average Bonchev–Trinajstić information content (AvgIpc) is 2.51. The summed E-state index contributed by atoms with van der Waals surface area (Å²) in [6, 6.07) is 15.9. The van der Waals surface area contributed by atoms with Gasteiger partial charge in [0.15, 0.2) is 0 Å². The summed E-state index contributed by atoms with van der Waals surface area (Å²) in [5.74, 6) is 0.755. The first kappa shape index (κ1) is 15.7. The number of anilines is 1. The molecule has 0 fully saturated rings. The zero-order chi connectivity index (χ0) is 14.9. The highest BCUT2D eigenvalue weighted by Gasteiger charge is 2.03. The van der Waals surface area contributed by atoms with E-state index >= 15 is 0 Å². The average molecular weight is 305 g/mol. The summed E-state index contributed by atoms with van der Waals surface area (Å²) in [5, 5.41) is 0.658. The molecular weight excluding hydrogens is 284 g/mol. The quantitative estimate of drug-likeness (QED) is 0.551. The number of halogens is 1. The molecule has 0 heterocycles. The fraction of sp³-hybridized carbons (Fsp3) is 0.294. The van der Waals surface area contributed by atoms with Crippen molar-refractivity contribution in [1.29, 1.82) is 0 Å². The fourth-order valence-corrected chi connectivity index (χ4v) is 2.13. The Bertz CT molecular complexity index is 546. The molecule has 112 valence electrons. The number of ether oxygens (including phenoxy) is 1. The minimum atomic E-state index is 0.658. The Labute approximate surface area is 131 Å². The zero-order valence-electron chi connectivity index (χ0n) is 12.2. The Morgan fingerprint density at radius 2 is 1.90 bits per heavy atom. The Kier molecular flexibility index (Phi) is 6.38. The molecule has 0 aromatic heterocycles. The molecule has 21 heavy (non-hydrogen) atoms. The molecule has 3 nitrogen and oxygen atoms in total. The van der Waals surface area contributed by atoms with Gasteiger partial charge in [-0.2, -0.15) is 0 Å². The molecule has 0 saturated carbocycles. The minimum absolute atomic E-state index is 0.658. The summed E-state index contributed by atoms with van der Waals surface area (Å²) in [6.07, 6.45) is 2.16. The third-order valence-electron chi connectivity index (χ3n) is 3.05. The maximum atomic E-state index is 6.23. The third kappa shape index (κ3) is 5.29. The van der Waals surface area contributed by atoms with E-state index in [0.29, 0.717) is 18.2 Å². The van der Waals surface area contributed by atoms with Crippen LogP contribution in [0.1, 0.15) is 25.3 Å². The molecule has 0 aliphatic rings. The summed E-state index contributed by atoms with van der Waals surface area (Å²) in [4.78, 5) is 0. The Morgan fingerprint density at radius 3 is 2.62 bits per heavy atom. The normalized spacial score (nSPS) is 10.4. The number of nitrogens with one attached hydrogen (secondary N) is 2. The molecule has 2 rings (SSSR count). The van der Waals surface area contributed by atoms with Crippen LogP contribution >= 0.6 is 11.6 Å². The maximum absolute atomic E-state index is 6.23. The van der Waals surface area contributed by atoms with Crippen LogP contribution in [0.4, 0.5) is 5.69 Å². The number of unbranched alkanes of at least 4 members (excludes halogenated alkanes) is 1. The Balaban J connectivity index is 1.82. The number of benzene rings is 2. The van der Waals surface area contributed by atoms with Gasteiger partial charge in [-0.25, -0.2) is 5.43 Å². The van der Waals surface area contributed by atoms with Crippen LogP contribution in [-0.4, -0.2) is 6.61 Å². The molecule has 2 aromatic rings. The topological polar surface area (TPSA) is 33.3 Å². The van der Waals surface area contributed by atoms with E-state index in [2.05, 4.69) is 17.8 Å². The monoisotopic (exact) mass is 304 g/mol.